The quantitative estimate of drug-likeness (QED) is 0.884. The molecule has 0 fully saturated rings. The summed E-state index contributed by atoms with van der Waals surface area (Å²) in [4.78, 5) is 4.26. The average molecular weight is 291 g/mol. The molecule has 0 amide bonds. The maximum atomic E-state index is 5.97. The van der Waals surface area contributed by atoms with E-state index in [1.807, 2.05) is 44.2 Å². The number of benzene rings is 1. The van der Waals surface area contributed by atoms with Crippen LogP contribution in [0.5, 0.6) is 5.88 Å². The van der Waals surface area contributed by atoms with E-state index < -0.39 is 0 Å². The molecule has 0 saturated carbocycles. The van der Waals surface area contributed by atoms with Crippen molar-refractivity contribution in [2.75, 3.05) is 5.32 Å². The van der Waals surface area contributed by atoms with Crippen molar-refractivity contribution < 1.29 is 4.74 Å². The highest BCUT2D eigenvalue weighted by Crippen LogP contribution is 2.23. The topological polar surface area (TPSA) is 34.2 Å². The Morgan fingerprint density at radius 2 is 2.10 bits per heavy atom. The molecule has 1 aromatic heterocycles. The van der Waals surface area contributed by atoms with Gasteiger partial charge in [0.15, 0.2) is 0 Å². The van der Waals surface area contributed by atoms with Gasteiger partial charge in [0.25, 0.3) is 0 Å². The lowest BCUT2D eigenvalue weighted by molar-refractivity contribution is 0.234. The van der Waals surface area contributed by atoms with Gasteiger partial charge in [-0.3, -0.25) is 0 Å². The molecule has 0 saturated heterocycles. The summed E-state index contributed by atoms with van der Waals surface area (Å²) in [6.45, 7) is 6.74. The van der Waals surface area contributed by atoms with Gasteiger partial charge in [0.2, 0.25) is 5.88 Å². The van der Waals surface area contributed by atoms with Gasteiger partial charge in [-0.05, 0) is 56.2 Å². The van der Waals surface area contributed by atoms with Crippen LogP contribution in [0.3, 0.4) is 0 Å². The Morgan fingerprint density at radius 1 is 1.30 bits per heavy atom. The number of nitrogens with zero attached hydrogens (tertiary/aromatic N) is 1. The molecule has 2 aromatic rings. The molecule has 2 rings (SSSR count). The third-order valence-corrected chi connectivity index (χ3v) is 3.13. The lowest BCUT2D eigenvalue weighted by atomic mass is 10.1. The molecule has 1 heterocycles. The number of rotatable bonds is 5. The fourth-order valence-corrected chi connectivity index (χ4v) is 2.12. The van der Waals surface area contributed by atoms with Gasteiger partial charge >= 0.3 is 0 Å². The molecule has 0 bridgehead atoms. The summed E-state index contributed by atoms with van der Waals surface area (Å²) in [6.07, 6.45) is 1.83. The van der Waals surface area contributed by atoms with E-state index in [0.717, 1.165) is 10.7 Å². The van der Waals surface area contributed by atoms with Crippen molar-refractivity contribution in [3.05, 3.63) is 52.7 Å². The molecule has 3 nitrogen and oxygen atoms in total. The van der Waals surface area contributed by atoms with Gasteiger partial charge in [-0.1, -0.05) is 17.7 Å². The lowest BCUT2D eigenvalue weighted by Crippen LogP contribution is -2.10. The maximum absolute atomic E-state index is 5.97. The molecule has 106 valence electrons. The zero-order chi connectivity index (χ0) is 14.5. The molecule has 0 radical (unpaired) electrons. The van der Waals surface area contributed by atoms with Crippen LogP contribution in [-0.2, 0) is 6.54 Å². The second kappa shape index (κ2) is 6.62. The molecular formula is C16H19ClN2O. The Labute approximate surface area is 124 Å². The zero-order valence-corrected chi connectivity index (χ0v) is 12.7. The Morgan fingerprint density at radius 3 is 2.80 bits per heavy atom. The monoisotopic (exact) mass is 290 g/mol. The Balaban J connectivity index is 2.10. The number of aryl methyl sites for hydroxylation is 1. The Bertz CT molecular complexity index is 584. The number of anilines is 1. The third-order valence-electron chi connectivity index (χ3n) is 2.89. The van der Waals surface area contributed by atoms with Crippen LogP contribution in [0.15, 0.2) is 36.5 Å². The van der Waals surface area contributed by atoms with Crippen molar-refractivity contribution in [2.24, 2.45) is 0 Å². The van der Waals surface area contributed by atoms with E-state index in [4.69, 9.17) is 16.3 Å². The second-order valence-electron chi connectivity index (χ2n) is 4.95. The largest absolute Gasteiger partial charge is 0.473 e. The SMILES string of the molecule is Cc1cc(Cl)ccc1CNc1cccnc1OC(C)C. The summed E-state index contributed by atoms with van der Waals surface area (Å²) >= 11 is 5.97. The highest BCUT2D eigenvalue weighted by molar-refractivity contribution is 6.30. The fourth-order valence-electron chi connectivity index (χ4n) is 1.89. The highest BCUT2D eigenvalue weighted by atomic mass is 35.5. The molecule has 0 unspecified atom stereocenters. The molecule has 20 heavy (non-hydrogen) atoms. The molecule has 0 atom stereocenters. The summed E-state index contributed by atoms with van der Waals surface area (Å²) in [5, 5.41) is 4.13. The highest BCUT2D eigenvalue weighted by Gasteiger charge is 2.07. The Hall–Kier alpha value is -1.74. The molecule has 0 aliphatic rings. The van der Waals surface area contributed by atoms with Crippen molar-refractivity contribution in [3.63, 3.8) is 0 Å². The van der Waals surface area contributed by atoms with Crippen molar-refractivity contribution >= 4 is 17.3 Å². The van der Waals surface area contributed by atoms with Crippen molar-refractivity contribution in [1.82, 2.24) is 4.98 Å². The molecule has 0 spiro atoms. The Kier molecular flexibility index (Phi) is 4.85. The first-order chi connectivity index (χ1) is 9.56. The van der Waals surface area contributed by atoms with Gasteiger partial charge in [-0.2, -0.15) is 0 Å². The molecule has 0 aliphatic carbocycles. The van der Waals surface area contributed by atoms with E-state index >= 15 is 0 Å². The molecular weight excluding hydrogens is 272 g/mol. The number of hydrogen-bond acceptors (Lipinski definition) is 3. The number of hydrogen-bond donors (Lipinski definition) is 1. The van der Waals surface area contributed by atoms with E-state index in [2.05, 4.69) is 17.2 Å². The standard InChI is InChI=1S/C16H19ClN2O/c1-11(2)20-16-15(5-4-8-18-16)19-10-13-6-7-14(17)9-12(13)3/h4-9,11,19H,10H2,1-3H3. The van der Waals surface area contributed by atoms with E-state index in [1.54, 1.807) is 6.20 Å². The second-order valence-corrected chi connectivity index (χ2v) is 5.38. The van der Waals surface area contributed by atoms with E-state index in [1.165, 1.54) is 11.1 Å². The molecule has 0 aliphatic heterocycles. The summed E-state index contributed by atoms with van der Waals surface area (Å²) < 4.78 is 5.69. The van der Waals surface area contributed by atoms with Crippen molar-refractivity contribution in [2.45, 2.75) is 33.4 Å². The predicted molar refractivity (Wildman–Crippen MR) is 83.5 cm³/mol. The van der Waals surface area contributed by atoms with Gasteiger partial charge in [0, 0.05) is 17.8 Å². The molecule has 4 heteroatoms. The van der Waals surface area contributed by atoms with Gasteiger partial charge < -0.3 is 10.1 Å². The van der Waals surface area contributed by atoms with Gasteiger partial charge in [-0.15, -0.1) is 0 Å². The van der Waals surface area contributed by atoms with E-state index in [0.29, 0.717) is 12.4 Å². The third kappa shape index (κ3) is 3.87. The smallest absolute Gasteiger partial charge is 0.237 e. The first-order valence-electron chi connectivity index (χ1n) is 6.67. The number of aromatic nitrogens is 1. The fraction of sp³-hybridized carbons (Fsp3) is 0.312. The normalized spacial score (nSPS) is 10.7. The molecule has 1 aromatic carbocycles. The van der Waals surface area contributed by atoms with Crippen molar-refractivity contribution in [1.29, 1.82) is 0 Å². The minimum absolute atomic E-state index is 0.0997. The minimum atomic E-state index is 0.0997. The van der Waals surface area contributed by atoms with E-state index in [9.17, 15) is 0 Å². The lowest BCUT2D eigenvalue weighted by Gasteiger charge is -2.15. The average Bonchev–Trinajstić information content (AvgIpc) is 2.39. The van der Waals surface area contributed by atoms with Crippen LogP contribution in [0.4, 0.5) is 5.69 Å². The number of ether oxygens (including phenoxy) is 1. The van der Waals surface area contributed by atoms with Crippen LogP contribution >= 0.6 is 11.6 Å². The zero-order valence-electron chi connectivity index (χ0n) is 12.0. The number of pyridine rings is 1. The van der Waals surface area contributed by atoms with Gasteiger partial charge in [-0.25, -0.2) is 4.98 Å². The van der Waals surface area contributed by atoms with Crippen molar-refractivity contribution in [3.8, 4) is 5.88 Å². The van der Waals surface area contributed by atoms with Crippen LogP contribution in [0.2, 0.25) is 5.02 Å². The van der Waals surface area contributed by atoms with Crippen LogP contribution in [0, 0.1) is 6.92 Å². The number of halogens is 1. The van der Waals surface area contributed by atoms with Crippen LogP contribution < -0.4 is 10.1 Å². The minimum Gasteiger partial charge on any atom is -0.473 e. The summed E-state index contributed by atoms with van der Waals surface area (Å²) in [6, 6.07) is 9.76. The number of nitrogens with one attached hydrogen (secondary N) is 1. The van der Waals surface area contributed by atoms with Gasteiger partial charge in [0.1, 0.15) is 0 Å². The molecule has 1 N–H and O–H groups in total. The van der Waals surface area contributed by atoms with E-state index in [-0.39, 0.29) is 6.10 Å². The van der Waals surface area contributed by atoms with Crippen LogP contribution in [-0.4, -0.2) is 11.1 Å². The van der Waals surface area contributed by atoms with Crippen LogP contribution in [0.1, 0.15) is 25.0 Å². The predicted octanol–water partition coefficient (Wildman–Crippen LogP) is 4.44. The summed E-state index contributed by atoms with van der Waals surface area (Å²) in [5.41, 5.74) is 3.27. The summed E-state index contributed by atoms with van der Waals surface area (Å²) in [5.74, 6) is 0.633. The van der Waals surface area contributed by atoms with Crippen LogP contribution in [0.25, 0.3) is 0 Å². The maximum Gasteiger partial charge on any atom is 0.237 e. The first-order valence-corrected chi connectivity index (χ1v) is 7.04. The van der Waals surface area contributed by atoms with Gasteiger partial charge in [0.05, 0.1) is 11.8 Å². The summed E-state index contributed by atoms with van der Waals surface area (Å²) in [7, 11) is 0. The first kappa shape index (κ1) is 14.7.